The van der Waals surface area contributed by atoms with Gasteiger partial charge in [0.15, 0.2) is 16.4 Å². The van der Waals surface area contributed by atoms with Gasteiger partial charge in [-0.3, -0.25) is 9.59 Å². The van der Waals surface area contributed by atoms with Crippen LogP contribution >= 0.6 is 0 Å². The first-order valence-electron chi connectivity index (χ1n) is 11.5. The number of sulfone groups is 1. The molecular formula is C26H29NO6S. The lowest BCUT2D eigenvalue weighted by atomic mass is 10.0. The molecule has 0 unspecified atom stereocenters. The molecule has 0 radical (unpaired) electrons. The quantitative estimate of drug-likeness (QED) is 0.505. The lowest BCUT2D eigenvalue weighted by molar-refractivity contribution is -0.137. The first-order chi connectivity index (χ1) is 16.2. The second-order valence-electron chi connectivity index (χ2n) is 8.79. The number of fused-ring (bicyclic) bond motifs is 1. The summed E-state index contributed by atoms with van der Waals surface area (Å²) >= 11 is 0. The molecule has 2 heterocycles. The van der Waals surface area contributed by atoms with Crippen LogP contribution in [0.1, 0.15) is 32.4 Å². The molecule has 3 aromatic rings. The summed E-state index contributed by atoms with van der Waals surface area (Å²) in [5.41, 5.74) is 1.57. The Labute approximate surface area is 199 Å². The van der Waals surface area contributed by atoms with Gasteiger partial charge in [-0.05, 0) is 44.4 Å². The molecule has 4 rings (SSSR count). The zero-order chi connectivity index (χ0) is 24.5. The van der Waals surface area contributed by atoms with Crippen LogP contribution in [0.25, 0.3) is 22.1 Å². The van der Waals surface area contributed by atoms with E-state index in [1.165, 1.54) is 0 Å². The van der Waals surface area contributed by atoms with Crippen molar-refractivity contribution < 1.29 is 22.4 Å². The van der Waals surface area contributed by atoms with E-state index >= 15 is 0 Å². The molecule has 0 saturated carbocycles. The van der Waals surface area contributed by atoms with Crippen LogP contribution in [0.5, 0.6) is 5.75 Å². The number of ether oxygens (including phenoxy) is 1. The standard InChI is InChI=1S/C26H29NO6S/c1-4-17(2)27(20-12-13-34(30,31)16-20)24(28)15-32-21-10-11-22-23(14-21)33-18(3)25(26(22)29)19-8-6-5-7-9-19/h5-11,14,17,20H,4,12-13,15-16H2,1-3H3/t17-,20-/m0/s1. The SMILES string of the molecule is CC[C@H](C)N(C(=O)COc1ccc2c(=O)c(-c3ccccc3)c(C)oc2c1)[C@H]1CCS(=O)(=O)C1. The van der Waals surface area contributed by atoms with Gasteiger partial charge in [-0.2, -0.15) is 0 Å². The van der Waals surface area contributed by atoms with Crippen molar-refractivity contribution in [2.24, 2.45) is 0 Å². The van der Waals surface area contributed by atoms with Gasteiger partial charge in [0.1, 0.15) is 17.1 Å². The summed E-state index contributed by atoms with van der Waals surface area (Å²) in [7, 11) is -3.12. The first-order valence-corrected chi connectivity index (χ1v) is 13.3. The average Bonchev–Trinajstić information content (AvgIpc) is 3.17. The van der Waals surface area contributed by atoms with Crippen LogP contribution < -0.4 is 10.2 Å². The zero-order valence-electron chi connectivity index (χ0n) is 19.6. The predicted molar refractivity (Wildman–Crippen MR) is 132 cm³/mol. The van der Waals surface area contributed by atoms with E-state index in [0.29, 0.717) is 40.9 Å². The summed E-state index contributed by atoms with van der Waals surface area (Å²) in [6.45, 7) is 5.41. The molecule has 2 aromatic carbocycles. The highest BCUT2D eigenvalue weighted by atomic mass is 32.2. The van der Waals surface area contributed by atoms with Crippen LogP contribution in [-0.2, 0) is 14.6 Å². The third-order valence-electron chi connectivity index (χ3n) is 6.42. The number of hydrogen-bond donors (Lipinski definition) is 0. The molecule has 34 heavy (non-hydrogen) atoms. The van der Waals surface area contributed by atoms with E-state index in [9.17, 15) is 18.0 Å². The van der Waals surface area contributed by atoms with Crippen LogP contribution in [0.4, 0.5) is 0 Å². The number of nitrogens with zero attached hydrogens (tertiary/aromatic N) is 1. The van der Waals surface area contributed by atoms with E-state index < -0.39 is 9.84 Å². The van der Waals surface area contributed by atoms with Crippen molar-refractivity contribution in [2.75, 3.05) is 18.1 Å². The molecule has 1 aliphatic heterocycles. The minimum Gasteiger partial charge on any atom is -0.484 e. The number of benzene rings is 2. The van der Waals surface area contributed by atoms with Crippen LogP contribution in [0.2, 0.25) is 0 Å². The van der Waals surface area contributed by atoms with Gasteiger partial charge in [0, 0.05) is 18.2 Å². The summed E-state index contributed by atoms with van der Waals surface area (Å²) in [6.07, 6.45) is 1.16. The maximum absolute atomic E-state index is 13.1. The number of amides is 1. The highest BCUT2D eigenvalue weighted by Crippen LogP contribution is 2.27. The molecule has 1 fully saturated rings. The molecule has 0 N–H and O–H groups in total. The van der Waals surface area contributed by atoms with E-state index in [1.54, 1.807) is 30.0 Å². The topological polar surface area (TPSA) is 93.9 Å². The second-order valence-corrected chi connectivity index (χ2v) is 11.0. The Balaban J connectivity index is 1.55. The average molecular weight is 484 g/mol. The largest absolute Gasteiger partial charge is 0.484 e. The van der Waals surface area contributed by atoms with Crippen molar-refractivity contribution in [1.29, 1.82) is 0 Å². The molecule has 0 bridgehead atoms. The van der Waals surface area contributed by atoms with Crippen molar-refractivity contribution in [3.05, 3.63) is 64.5 Å². The smallest absolute Gasteiger partial charge is 0.261 e. The van der Waals surface area contributed by atoms with Gasteiger partial charge >= 0.3 is 0 Å². The van der Waals surface area contributed by atoms with Gasteiger partial charge in [-0.15, -0.1) is 0 Å². The van der Waals surface area contributed by atoms with Gasteiger partial charge in [0.2, 0.25) is 5.43 Å². The fourth-order valence-electron chi connectivity index (χ4n) is 4.53. The Morgan fingerprint density at radius 2 is 1.94 bits per heavy atom. The molecule has 7 nitrogen and oxygen atoms in total. The number of rotatable bonds is 7. The summed E-state index contributed by atoms with van der Waals surface area (Å²) in [5, 5.41) is 0.431. The molecule has 0 aliphatic carbocycles. The van der Waals surface area contributed by atoms with Crippen LogP contribution in [0.15, 0.2) is 57.7 Å². The lowest BCUT2D eigenvalue weighted by Crippen LogP contribution is -2.48. The third-order valence-corrected chi connectivity index (χ3v) is 8.17. The van der Waals surface area contributed by atoms with Crippen molar-refractivity contribution >= 4 is 26.7 Å². The van der Waals surface area contributed by atoms with Crippen molar-refractivity contribution in [3.8, 4) is 16.9 Å². The third kappa shape index (κ3) is 4.87. The van der Waals surface area contributed by atoms with Gasteiger partial charge < -0.3 is 14.1 Å². The molecule has 2 atom stereocenters. The molecule has 180 valence electrons. The second kappa shape index (κ2) is 9.62. The Hall–Kier alpha value is -3.13. The van der Waals surface area contributed by atoms with Gasteiger partial charge in [-0.1, -0.05) is 37.3 Å². The van der Waals surface area contributed by atoms with Crippen molar-refractivity contribution in [1.82, 2.24) is 4.90 Å². The van der Waals surface area contributed by atoms with E-state index in [2.05, 4.69) is 0 Å². The highest BCUT2D eigenvalue weighted by molar-refractivity contribution is 7.91. The lowest BCUT2D eigenvalue weighted by Gasteiger charge is -2.33. The molecule has 0 spiro atoms. The molecule has 1 amide bonds. The number of carbonyl (C=O) groups excluding carboxylic acids is 1. The predicted octanol–water partition coefficient (Wildman–Crippen LogP) is 3.96. The van der Waals surface area contributed by atoms with Gasteiger partial charge in [0.25, 0.3) is 5.91 Å². The van der Waals surface area contributed by atoms with Crippen LogP contribution in [0.3, 0.4) is 0 Å². The summed E-state index contributed by atoms with van der Waals surface area (Å²) in [5.74, 6) is 0.745. The number of aryl methyl sites for hydroxylation is 1. The fourth-order valence-corrected chi connectivity index (χ4v) is 6.25. The van der Waals surface area contributed by atoms with Crippen molar-refractivity contribution in [3.63, 3.8) is 0 Å². The van der Waals surface area contributed by atoms with Gasteiger partial charge in [-0.25, -0.2) is 8.42 Å². The first kappa shape index (κ1) is 24.0. The zero-order valence-corrected chi connectivity index (χ0v) is 20.4. The van der Waals surface area contributed by atoms with E-state index in [0.717, 1.165) is 5.56 Å². The molecule has 1 saturated heterocycles. The molecule has 8 heteroatoms. The molecule has 1 aliphatic rings. The minimum atomic E-state index is -3.12. The van der Waals surface area contributed by atoms with Crippen LogP contribution in [0, 0.1) is 6.92 Å². The summed E-state index contributed by atoms with van der Waals surface area (Å²) < 4.78 is 35.6. The van der Waals surface area contributed by atoms with Crippen molar-refractivity contribution in [2.45, 2.75) is 45.7 Å². The normalized spacial score (nSPS) is 18.0. The van der Waals surface area contributed by atoms with E-state index in [-0.39, 0.29) is 41.5 Å². The maximum atomic E-state index is 13.1. The Morgan fingerprint density at radius 1 is 1.21 bits per heavy atom. The number of carbonyl (C=O) groups is 1. The fraction of sp³-hybridized carbons (Fsp3) is 0.385. The highest BCUT2D eigenvalue weighted by Gasteiger charge is 2.36. The minimum absolute atomic E-state index is 0.00671. The Kier molecular flexibility index (Phi) is 6.79. The van der Waals surface area contributed by atoms with Crippen LogP contribution in [-0.4, -0.2) is 49.4 Å². The summed E-state index contributed by atoms with van der Waals surface area (Å²) in [6, 6.07) is 13.8. The maximum Gasteiger partial charge on any atom is 0.261 e. The molecular weight excluding hydrogens is 454 g/mol. The van der Waals surface area contributed by atoms with E-state index in [1.807, 2.05) is 44.2 Å². The summed E-state index contributed by atoms with van der Waals surface area (Å²) in [4.78, 5) is 27.8. The van der Waals surface area contributed by atoms with Gasteiger partial charge in [0.05, 0.1) is 22.5 Å². The monoisotopic (exact) mass is 483 g/mol. The Bertz CT molecular complexity index is 1360. The Morgan fingerprint density at radius 3 is 2.59 bits per heavy atom. The van der Waals surface area contributed by atoms with E-state index in [4.69, 9.17) is 9.15 Å². The number of hydrogen-bond acceptors (Lipinski definition) is 6. The molecule has 1 aromatic heterocycles.